The van der Waals surface area contributed by atoms with E-state index >= 15 is 0 Å². The zero-order valence-electron chi connectivity index (χ0n) is 8.17. The van der Waals surface area contributed by atoms with Gasteiger partial charge >= 0.3 is 0 Å². The molecule has 1 rings (SSSR count). The number of benzene rings is 1. The minimum Gasteiger partial charge on any atom is -0.258 e. The number of non-ortho nitro benzene ring substituents is 1. The Morgan fingerprint density at radius 2 is 1.87 bits per heavy atom. The maximum Gasteiger partial charge on any atom is 0.273 e. The van der Waals surface area contributed by atoms with E-state index in [9.17, 15) is 20.2 Å². The zero-order chi connectivity index (χ0) is 11.4. The van der Waals surface area contributed by atoms with Gasteiger partial charge in [0.05, 0.1) is 9.85 Å². The summed E-state index contributed by atoms with van der Waals surface area (Å²) in [4.78, 5) is 20.0. The third-order valence-electron chi connectivity index (χ3n) is 1.99. The number of hydrogen-bond acceptors (Lipinski definition) is 4. The van der Waals surface area contributed by atoms with E-state index in [0.717, 1.165) is 6.07 Å². The van der Waals surface area contributed by atoms with Crippen LogP contribution in [0.5, 0.6) is 0 Å². The van der Waals surface area contributed by atoms with E-state index in [1.165, 1.54) is 12.1 Å². The molecule has 0 fully saturated rings. The molecule has 0 saturated carbocycles. The normalized spacial score (nSPS) is 9.93. The first-order valence-corrected chi connectivity index (χ1v) is 4.48. The first kappa shape index (κ1) is 11.1. The predicted octanol–water partition coefficient (Wildman–Crippen LogP) is 2.46. The molecule has 0 radical (unpaired) electrons. The summed E-state index contributed by atoms with van der Waals surface area (Å²) >= 11 is 0. The van der Waals surface area contributed by atoms with Gasteiger partial charge in [-0.05, 0) is 6.42 Å². The molecule has 0 amide bonds. The van der Waals surface area contributed by atoms with Crippen LogP contribution in [-0.2, 0) is 6.42 Å². The van der Waals surface area contributed by atoms with Crippen LogP contribution in [0.3, 0.4) is 0 Å². The summed E-state index contributed by atoms with van der Waals surface area (Å²) in [6.45, 7) is 1.86. The molecular formula is C9H10N2O4. The van der Waals surface area contributed by atoms with Gasteiger partial charge in [-0.2, -0.15) is 0 Å². The molecule has 0 saturated heterocycles. The molecule has 0 bridgehead atoms. The van der Waals surface area contributed by atoms with Crippen LogP contribution >= 0.6 is 0 Å². The number of aryl methyl sites for hydroxylation is 1. The van der Waals surface area contributed by atoms with E-state index in [2.05, 4.69) is 0 Å². The third-order valence-corrected chi connectivity index (χ3v) is 1.99. The molecule has 0 aromatic heterocycles. The summed E-state index contributed by atoms with van der Waals surface area (Å²) < 4.78 is 0. The van der Waals surface area contributed by atoms with Crippen LogP contribution in [-0.4, -0.2) is 9.85 Å². The highest BCUT2D eigenvalue weighted by atomic mass is 16.6. The van der Waals surface area contributed by atoms with Crippen LogP contribution < -0.4 is 0 Å². The fourth-order valence-electron chi connectivity index (χ4n) is 1.33. The van der Waals surface area contributed by atoms with Crippen LogP contribution in [0.4, 0.5) is 11.4 Å². The molecule has 0 N–H and O–H groups in total. The number of nitro groups is 2. The molecule has 0 heterocycles. The monoisotopic (exact) mass is 210 g/mol. The molecule has 0 unspecified atom stereocenters. The highest BCUT2D eigenvalue weighted by molar-refractivity contribution is 5.48. The van der Waals surface area contributed by atoms with Crippen LogP contribution in [0.1, 0.15) is 18.9 Å². The quantitative estimate of drug-likeness (QED) is 0.564. The number of hydrogen-bond donors (Lipinski definition) is 0. The zero-order valence-corrected chi connectivity index (χ0v) is 8.17. The summed E-state index contributed by atoms with van der Waals surface area (Å²) in [7, 11) is 0. The molecule has 0 spiro atoms. The van der Waals surface area contributed by atoms with Crippen LogP contribution in [0.2, 0.25) is 0 Å². The van der Waals surface area contributed by atoms with E-state index in [1.807, 2.05) is 6.92 Å². The fourth-order valence-corrected chi connectivity index (χ4v) is 1.33. The summed E-state index contributed by atoms with van der Waals surface area (Å²) in [5.41, 5.74) is 0.253. The second-order valence-electron chi connectivity index (χ2n) is 3.08. The van der Waals surface area contributed by atoms with Crippen molar-refractivity contribution in [3.05, 3.63) is 44.0 Å². The lowest BCUT2D eigenvalue weighted by atomic mass is 10.1. The molecule has 0 aliphatic carbocycles. The molecule has 0 atom stereocenters. The van der Waals surface area contributed by atoms with Gasteiger partial charge in [-0.15, -0.1) is 0 Å². The van der Waals surface area contributed by atoms with Crippen molar-refractivity contribution >= 4 is 11.4 Å². The van der Waals surface area contributed by atoms with Gasteiger partial charge in [0, 0.05) is 23.8 Å². The lowest BCUT2D eigenvalue weighted by Gasteiger charge is -2.00. The Bertz CT molecular complexity index is 403. The Morgan fingerprint density at radius 1 is 1.20 bits per heavy atom. The van der Waals surface area contributed by atoms with Crippen molar-refractivity contribution in [2.75, 3.05) is 0 Å². The first-order chi connectivity index (χ1) is 7.06. The Balaban J connectivity index is 3.20. The maximum absolute atomic E-state index is 10.6. The topological polar surface area (TPSA) is 86.3 Å². The van der Waals surface area contributed by atoms with E-state index in [4.69, 9.17) is 0 Å². The molecule has 0 aliphatic heterocycles. The lowest BCUT2D eigenvalue weighted by molar-refractivity contribution is -0.389. The molecule has 1 aromatic rings. The average molecular weight is 210 g/mol. The lowest BCUT2D eigenvalue weighted by Crippen LogP contribution is -1.97. The number of nitrogens with zero attached hydrogens (tertiary/aromatic N) is 2. The van der Waals surface area contributed by atoms with E-state index in [-0.39, 0.29) is 11.4 Å². The predicted molar refractivity (Wildman–Crippen MR) is 53.7 cm³/mol. The Labute approximate surface area is 85.8 Å². The highest BCUT2D eigenvalue weighted by Gasteiger charge is 2.17. The maximum atomic E-state index is 10.6. The molecule has 80 valence electrons. The third kappa shape index (κ3) is 2.49. The number of rotatable bonds is 4. The first-order valence-electron chi connectivity index (χ1n) is 4.48. The van der Waals surface area contributed by atoms with Crippen molar-refractivity contribution in [3.63, 3.8) is 0 Å². The molecule has 6 heteroatoms. The van der Waals surface area contributed by atoms with Gasteiger partial charge in [0.2, 0.25) is 0 Å². The SMILES string of the molecule is CCCc1cc([N+](=O)[O-])ccc1[N+](=O)[O-]. The van der Waals surface area contributed by atoms with Crippen molar-refractivity contribution < 1.29 is 9.85 Å². The summed E-state index contributed by atoms with van der Waals surface area (Å²) in [5.74, 6) is 0. The van der Waals surface area contributed by atoms with Gasteiger partial charge in [0.15, 0.2) is 0 Å². The van der Waals surface area contributed by atoms with Gasteiger partial charge < -0.3 is 0 Å². The summed E-state index contributed by atoms with van der Waals surface area (Å²) in [6, 6.07) is 3.60. The minimum atomic E-state index is -0.553. The Morgan fingerprint density at radius 3 is 2.33 bits per heavy atom. The molecule has 1 aromatic carbocycles. The van der Waals surface area contributed by atoms with Crippen molar-refractivity contribution in [2.45, 2.75) is 19.8 Å². The van der Waals surface area contributed by atoms with Crippen LogP contribution in [0.15, 0.2) is 18.2 Å². The Hall–Kier alpha value is -1.98. The average Bonchev–Trinajstić information content (AvgIpc) is 2.17. The van der Waals surface area contributed by atoms with Gasteiger partial charge in [0.1, 0.15) is 0 Å². The van der Waals surface area contributed by atoms with Crippen molar-refractivity contribution in [1.82, 2.24) is 0 Å². The number of nitro benzene ring substituents is 2. The van der Waals surface area contributed by atoms with Crippen molar-refractivity contribution in [1.29, 1.82) is 0 Å². The molecule has 15 heavy (non-hydrogen) atoms. The second-order valence-corrected chi connectivity index (χ2v) is 3.08. The minimum absolute atomic E-state index is 0.0533. The van der Waals surface area contributed by atoms with Crippen molar-refractivity contribution in [2.24, 2.45) is 0 Å². The Kier molecular flexibility index (Phi) is 3.33. The molecular weight excluding hydrogens is 200 g/mol. The largest absolute Gasteiger partial charge is 0.273 e. The van der Waals surface area contributed by atoms with Gasteiger partial charge in [-0.3, -0.25) is 20.2 Å². The molecule has 6 nitrogen and oxygen atoms in total. The van der Waals surface area contributed by atoms with E-state index in [0.29, 0.717) is 18.4 Å². The summed E-state index contributed by atoms with van der Waals surface area (Å²) in [5, 5.41) is 21.1. The molecule has 0 aliphatic rings. The van der Waals surface area contributed by atoms with Crippen LogP contribution in [0, 0.1) is 20.2 Å². The van der Waals surface area contributed by atoms with Gasteiger partial charge in [0.25, 0.3) is 11.4 Å². The van der Waals surface area contributed by atoms with Gasteiger partial charge in [-0.1, -0.05) is 13.3 Å². The van der Waals surface area contributed by atoms with Gasteiger partial charge in [-0.25, -0.2) is 0 Å². The smallest absolute Gasteiger partial charge is 0.258 e. The van der Waals surface area contributed by atoms with Crippen molar-refractivity contribution in [3.8, 4) is 0 Å². The van der Waals surface area contributed by atoms with Crippen LogP contribution in [0.25, 0.3) is 0 Å². The second kappa shape index (κ2) is 4.50. The van der Waals surface area contributed by atoms with E-state index < -0.39 is 9.85 Å². The van der Waals surface area contributed by atoms with E-state index in [1.54, 1.807) is 0 Å². The standard InChI is InChI=1S/C9H10N2O4/c1-2-3-7-6-8(10(12)13)4-5-9(7)11(14)15/h4-6H,2-3H2,1H3. The fraction of sp³-hybridized carbons (Fsp3) is 0.333. The highest BCUT2D eigenvalue weighted by Crippen LogP contribution is 2.24. The summed E-state index contributed by atoms with van der Waals surface area (Å²) in [6.07, 6.45) is 1.18.